The lowest BCUT2D eigenvalue weighted by molar-refractivity contribution is 0.766. The van der Waals surface area contributed by atoms with Crippen molar-refractivity contribution in [2.75, 3.05) is 0 Å². The third-order valence-corrected chi connectivity index (χ3v) is 4.13. The predicted molar refractivity (Wildman–Crippen MR) is 79.2 cm³/mol. The fourth-order valence-electron chi connectivity index (χ4n) is 2.18. The highest BCUT2D eigenvalue weighted by Crippen LogP contribution is 2.34. The van der Waals surface area contributed by atoms with Gasteiger partial charge in [0.2, 0.25) is 0 Å². The van der Waals surface area contributed by atoms with Crippen LogP contribution in [0.4, 0.5) is 0 Å². The van der Waals surface area contributed by atoms with Crippen LogP contribution >= 0.6 is 11.8 Å². The summed E-state index contributed by atoms with van der Waals surface area (Å²) < 4.78 is 1.82. The maximum absolute atomic E-state index is 5.80. The quantitative estimate of drug-likeness (QED) is 0.794. The van der Waals surface area contributed by atoms with Crippen LogP contribution in [0.2, 0.25) is 0 Å². The van der Waals surface area contributed by atoms with Gasteiger partial charge in [-0.2, -0.15) is 5.10 Å². The van der Waals surface area contributed by atoms with Crippen molar-refractivity contribution in [2.45, 2.75) is 16.3 Å². The molecule has 0 aliphatic heterocycles. The van der Waals surface area contributed by atoms with Crippen LogP contribution in [0.3, 0.4) is 0 Å². The zero-order chi connectivity index (χ0) is 13.2. The standard InChI is InChI=1S/C15H15N3S/c1-18-10-12(9-17-18)19-15-7-6-11(8-16)13-4-2-3-5-14(13)15/h2-7,9-10H,8,16H2,1H3. The van der Waals surface area contributed by atoms with Crippen LogP contribution < -0.4 is 5.73 Å². The van der Waals surface area contributed by atoms with Crippen LogP contribution in [-0.4, -0.2) is 9.78 Å². The number of hydrogen-bond donors (Lipinski definition) is 1. The molecule has 0 saturated heterocycles. The second kappa shape index (κ2) is 5.07. The minimum atomic E-state index is 0.568. The zero-order valence-corrected chi connectivity index (χ0v) is 11.5. The van der Waals surface area contributed by atoms with E-state index < -0.39 is 0 Å². The Balaban J connectivity index is 2.09. The van der Waals surface area contributed by atoms with E-state index in [0.717, 1.165) is 4.90 Å². The summed E-state index contributed by atoms with van der Waals surface area (Å²) in [4.78, 5) is 2.38. The molecular formula is C15H15N3S. The molecule has 0 amide bonds. The predicted octanol–water partition coefficient (Wildman–Crippen LogP) is 3.18. The van der Waals surface area contributed by atoms with Gasteiger partial charge in [-0.3, -0.25) is 4.68 Å². The van der Waals surface area contributed by atoms with Crippen LogP contribution in [0.5, 0.6) is 0 Å². The van der Waals surface area contributed by atoms with Gasteiger partial charge in [-0.05, 0) is 22.4 Å². The molecule has 3 aromatic rings. The van der Waals surface area contributed by atoms with Gasteiger partial charge in [0.15, 0.2) is 0 Å². The second-order valence-electron chi connectivity index (χ2n) is 4.42. The normalized spacial score (nSPS) is 11.1. The summed E-state index contributed by atoms with van der Waals surface area (Å²) in [5.41, 5.74) is 6.99. The Morgan fingerprint density at radius 1 is 1.16 bits per heavy atom. The molecule has 4 heteroatoms. The molecule has 0 spiro atoms. The molecular weight excluding hydrogens is 254 g/mol. The number of fused-ring (bicyclic) bond motifs is 1. The lowest BCUT2D eigenvalue weighted by Crippen LogP contribution is -1.97. The average Bonchev–Trinajstić information content (AvgIpc) is 2.85. The number of hydrogen-bond acceptors (Lipinski definition) is 3. The molecule has 0 bridgehead atoms. The highest BCUT2D eigenvalue weighted by atomic mass is 32.2. The molecule has 96 valence electrons. The summed E-state index contributed by atoms with van der Waals surface area (Å²) in [6.45, 7) is 0.568. The molecule has 3 nitrogen and oxygen atoms in total. The van der Waals surface area contributed by atoms with Gasteiger partial charge in [0, 0.05) is 24.7 Å². The largest absolute Gasteiger partial charge is 0.326 e. The molecule has 0 fully saturated rings. The molecule has 2 N–H and O–H groups in total. The minimum absolute atomic E-state index is 0.568. The first kappa shape index (κ1) is 12.3. The summed E-state index contributed by atoms with van der Waals surface area (Å²) in [6.07, 6.45) is 3.91. The number of nitrogens with zero attached hydrogens (tertiary/aromatic N) is 2. The molecule has 0 unspecified atom stereocenters. The van der Waals surface area contributed by atoms with E-state index >= 15 is 0 Å². The molecule has 19 heavy (non-hydrogen) atoms. The van der Waals surface area contributed by atoms with E-state index in [0.29, 0.717) is 6.54 Å². The Labute approximate surface area is 116 Å². The third-order valence-electron chi connectivity index (χ3n) is 3.10. The van der Waals surface area contributed by atoms with Gasteiger partial charge in [-0.25, -0.2) is 0 Å². The van der Waals surface area contributed by atoms with Gasteiger partial charge in [-0.15, -0.1) is 0 Å². The fraction of sp³-hybridized carbons (Fsp3) is 0.133. The van der Waals surface area contributed by atoms with Gasteiger partial charge in [0.25, 0.3) is 0 Å². The van der Waals surface area contributed by atoms with Crippen LogP contribution in [0, 0.1) is 0 Å². The molecule has 0 radical (unpaired) electrons. The molecule has 1 aromatic heterocycles. The van der Waals surface area contributed by atoms with Crippen LogP contribution in [0.25, 0.3) is 10.8 Å². The van der Waals surface area contributed by atoms with E-state index in [4.69, 9.17) is 5.73 Å². The second-order valence-corrected chi connectivity index (χ2v) is 5.54. The van der Waals surface area contributed by atoms with Crippen LogP contribution in [-0.2, 0) is 13.6 Å². The Morgan fingerprint density at radius 3 is 2.63 bits per heavy atom. The third kappa shape index (κ3) is 2.37. The lowest BCUT2D eigenvalue weighted by Gasteiger charge is -2.08. The Hall–Kier alpha value is -1.78. The van der Waals surface area contributed by atoms with Gasteiger partial charge < -0.3 is 5.73 Å². The summed E-state index contributed by atoms with van der Waals surface area (Å²) in [5, 5.41) is 6.69. The van der Waals surface area contributed by atoms with E-state index in [1.807, 2.05) is 24.1 Å². The first-order valence-corrected chi connectivity index (χ1v) is 6.97. The summed E-state index contributed by atoms with van der Waals surface area (Å²) >= 11 is 1.73. The van der Waals surface area contributed by atoms with Crippen molar-refractivity contribution in [1.82, 2.24) is 9.78 Å². The highest BCUT2D eigenvalue weighted by molar-refractivity contribution is 7.99. The zero-order valence-electron chi connectivity index (χ0n) is 10.7. The van der Waals surface area contributed by atoms with Gasteiger partial charge in [-0.1, -0.05) is 42.1 Å². The number of rotatable bonds is 3. The number of aryl methyl sites for hydroxylation is 1. The average molecular weight is 269 g/mol. The molecule has 0 saturated carbocycles. The summed E-state index contributed by atoms with van der Waals surface area (Å²) in [5.74, 6) is 0. The monoisotopic (exact) mass is 269 g/mol. The van der Waals surface area contributed by atoms with Crippen molar-refractivity contribution in [2.24, 2.45) is 12.8 Å². The molecule has 0 aliphatic rings. The fourth-order valence-corrected chi connectivity index (χ4v) is 3.16. The van der Waals surface area contributed by atoms with Crippen LogP contribution in [0.1, 0.15) is 5.56 Å². The van der Waals surface area contributed by atoms with E-state index in [9.17, 15) is 0 Å². The maximum atomic E-state index is 5.80. The topological polar surface area (TPSA) is 43.8 Å². The summed E-state index contributed by atoms with van der Waals surface area (Å²) in [6, 6.07) is 12.7. The van der Waals surface area contributed by atoms with E-state index in [1.165, 1.54) is 21.2 Å². The first-order chi connectivity index (χ1) is 9.28. The molecule has 0 aliphatic carbocycles. The van der Waals surface area contributed by atoms with Gasteiger partial charge in [0.1, 0.15) is 0 Å². The van der Waals surface area contributed by atoms with Crippen molar-refractivity contribution in [3.63, 3.8) is 0 Å². The van der Waals surface area contributed by atoms with Crippen molar-refractivity contribution >= 4 is 22.5 Å². The van der Waals surface area contributed by atoms with E-state index in [-0.39, 0.29) is 0 Å². The SMILES string of the molecule is Cn1cc(Sc2ccc(CN)c3ccccc23)cn1. The highest BCUT2D eigenvalue weighted by Gasteiger charge is 2.07. The number of benzene rings is 2. The summed E-state index contributed by atoms with van der Waals surface area (Å²) in [7, 11) is 1.93. The van der Waals surface area contributed by atoms with Crippen molar-refractivity contribution in [3.8, 4) is 0 Å². The first-order valence-electron chi connectivity index (χ1n) is 6.15. The lowest BCUT2D eigenvalue weighted by atomic mass is 10.0. The van der Waals surface area contributed by atoms with Crippen molar-refractivity contribution < 1.29 is 0 Å². The maximum Gasteiger partial charge on any atom is 0.0629 e. The minimum Gasteiger partial charge on any atom is -0.326 e. The Morgan fingerprint density at radius 2 is 1.95 bits per heavy atom. The molecule has 1 heterocycles. The smallest absolute Gasteiger partial charge is 0.0629 e. The number of aromatic nitrogens is 2. The van der Waals surface area contributed by atoms with Gasteiger partial charge >= 0.3 is 0 Å². The Kier molecular flexibility index (Phi) is 3.27. The number of nitrogens with two attached hydrogens (primary N) is 1. The van der Waals surface area contributed by atoms with Crippen LogP contribution in [0.15, 0.2) is 58.6 Å². The molecule has 3 rings (SSSR count). The molecule has 2 aromatic carbocycles. The molecule has 0 atom stereocenters. The van der Waals surface area contributed by atoms with Gasteiger partial charge in [0.05, 0.1) is 11.1 Å². The van der Waals surface area contributed by atoms with E-state index in [1.54, 1.807) is 11.8 Å². The van der Waals surface area contributed by atoms with Crippen molar-refractivity contribution in [3.05, 3.63) is 54.4 Å². The van der Waals surface area contributed by atoms with E-state index in [2.05, 4.69) is 41.5 Å². The Bertz CT molecular complexity index is 718. The van der Waals surface area contributed by atoms with Crippen molar-refractivity contribution in [1.29, 1.82) is 0 Å².